The van der Waals surface area contributed by atoms with Gasteiger partial charge in [-0.25, -0.2) is 0 Å². The molecule has 0 spiro atoms. The molecule has 3 rings (SSSR count). The van der Waals surface area contributed by atoms with E-state index >= 15 is 0 Å². The van der Waals surface area contributed by atoms with Gasteiger partial charge in [-0.3, -0.25) is 0 Å². The zero-order valence-electron chi connectivity index (χ0n) is 10.3. The van der Waals surface area contributed by atoms with Crippen molar-refractivity contribution in [1.29, 1.82) is 0 Å². The van der Waals surface area contributed by atoms with Crippen LogP contribution in [0.1, 0.15) is 59.8 Å². The highest BCUT2D eigenvalue weighted by atomic mass is 14.6. The number of hydrogen-bond acceptors (Lipinski definition) is 0. The Kier molecular flexibility index (Phi) is 2.66. The van der Waals surface area contributed by atoms with Crippen LogP contribution in [0.25, 0.3) is 0 Å². The molecule has 14 heavy (non-hydrogen) atoms. The van der Waals surface area contributed by atoms with Gasteiger partial charge in [0, 0.05) is 0 Å². The second-order valence-electron chi connectivity index (χ2n) is 6.27. The van der Waals surface area contributed by atoms with Gasteiger partial charge in [-0.2, -0.15) is 0 Å². The normalized spacial score (nSPS) is 44.6. The molecule has 3 atom stereocenters. The van der Waals surface area contributed by atoms with Crippen molar-refractivity contribution in [3.05, 3.63) is 0 Å². The van der Waals surface area contributed by atoms with E-state index in [9.17, 15) is 0 Å². The van der Waals surface area contributed by atoms with E-state index in [0.717, 1.165) is 29.1 Å². The van der Waals surface area contributed by atoms with Crippen molar-refractivity contribution in [2.75, 3.05) is 0 Å². The van der Waals surface area contributed by atoms with Gasteiger partial charge in [0.2, 0.25) is 0 Å². The molecule has 0 aliphatic heterocycles. The molecular weight excluding hydrogens is 168 g/mol. The minimum Gasteiger partial charge on any atom is -0.0654 e. The highest BCUT2D eigenvalue weighted by molar-refractivity contribution is 5.06. The van der Waals surface area contributed by atoms with Crippen molar-refractivity contribution >= 4 is 0 Å². The average Bonchev–Trinajstić information content (AvgIpc) is 2.56. The predicted octanol–water partition coefficient (Wildman–Crippen LogP) is 4.49. The first-order valence-corrected chi connectivity index (χ1v) is 6.59. The Balaban J connectivity index is 1.95. The van der Waals surface area contributed by atoms with Crippen LogP contribution < -0.4 is 0 Å². The molecule has 0 heteroatoms. The average molecular weight is 194 g/mol. The lowest BCUT2D eigenvalue weighted by molar-refractivity contribution is 0.0366. The first-order chi connectivity index (χ1) is 6.59. The second kappa shape index (κ2) is 3.54. The molecule has 3 fully saturated rings. The van der Waals surface area contributed by atoms with Crippen LogP contribution in [0.2, 0.25) is 0 Å². The third kappa shape index (κ3) is 1.42. The van der Waals surface area contributed by atoms with E-state index in [0.29, 0.717) is 0 Å². The van der Waals surface area contributed by atoms with Crippen molar-refractivity contribution in [3.8, 4) is 0 Å². The van der Waals surface area contributed by atoms with E-state index in [1.165, 1.54) is 19.3 Å². The molecule has 3 aliphatic carbocycles. The Morgan fingerprint density at radius 2 is 1.86 bits per heavy atom. The summed E-state index contributed by atoms with van der Waals surface area (Å²) in [4.78, 5) is 0. The third-order valence-corrected chi connectivity index (χ3v) is 5.43. The maximum atomic E-state index is 2.52. The highest BCUT2D eigenvalue weighted by Crippen LogP contribution is 2.66. The molecule has 0 aromatic carbocycles. The zero-order chi connectivity index (χ0) is 10.3. The molecule has 0 amide bonds. The van der Waals surface area contributed by atoms with Gasteiger partial charge >= 0.3 is 0 Å². The van der Waals surface area contributed by atoms with Crippen LogP contribution in [0.3, 0.4) is 0 Å². The monoisotopic (exact) mass is 194 g/mol. The van der Waals surface area contributed by atoms with Crippen molar-refractivity contribution in [3.63, 3.8) is 0 Å². The van der Waals surface area contributed by atoms with E-state index in [-0.39, 0.29) is 0 Å². The molecule has 0 aromatic heterocycles. The molecular formula is C14H26. The summed E-state index contributed by atoms with van der Waals surface area (Å²) in [6, 6.07) is 0. The van der Waals surface area contributed by atoms with Crippen LogP contribution in [0.4, 0.5) is 0 Å². The van der Waals surface area contributed by atoms with Crippen LogP contribution in [0.15, 0.2) is 0 Å². The van der Waals surface area contributed by atoms with Gasteiger partial charge in [0.05, 0.1) is 0 Å². The Morgan fingerprint density at radius 1 is 1.21 bits per heavy atom. The minimum atomic E-state index is 0.790. The van der Waals surface area contributed by atoms with Crippen LogP contribution in [-0.2, 0) is 0 Å². The van der Waals surface area contributed by atoms with Gasteiger partial charge < -0.3 is 0 Å². The second-order valence-corrected chi connectivity index (χ2v) is 6.27. The molecule has 0 nitrogen and oxygen atoms in total. The zero-order valence-corrected chi connectivity index (χ0v) is 10.3. The maximum Gasteiger partial charge on any atom is -0.0261 e. The van der Waals surface area contributed by atoms with Gasteiger partial charge in [0.15, 0.2) is 0 Å². The number of rotatable bonds is 4. The van der Waals surface area contributed by atoms with Crippen molar-refractivity contribution in [2.24, 2.45) is 29.1 Å². The molecule has 3 unspecified atom stereocenters. The Hall–Kier alpha value is 0. The molecule has 0 radical (unpaired) electrons. The minimum absolute atomic E-state index is 0.790. The molecule has 0 aromatic rings. The fourth-order valence-corrected chi connectivity index (χ4v) is 4.23. The van der Waals surface area contributed by atoms with E-state index < -0.39 is 0 Å². The topological polar surface area (TPSA) is 0 Å². The largest absolute Gasteiger partial charge is 0.0654 e. The quantitative estimate of drug-likeness (QED) is 0.618. The first kappa shape index (κ1) is 10.5. The van der Waals surface area contributed by atoms with Crippen LogP contribution >= 0.6 is 0 Å². The SMILES string of the molecule is CCCC(C)C(C)C12CC(C)C(C1)C2. The maximum absolute atomic E-state index is 2.52. The van der Waals surface area contributed by atoms with Gasteiger partial charge in [0.25, 0.3) is 0 Å². The summed E-state index contributed by atoms with van der Waals surface area (Å²) in [6.07, 6.45) is 7.45. The fraction of sp³-hybridized carbons (Fsp3) is 1.00. The van der Waals surface area contributed by atoms with Crippen molar-refractivity contribution in [2.45, 2.75) is 59.8 Å². The Bertz CT molecular complexity index is 200. The summed E-state index contributed by atoms with van der Waals surface area (Å²) in [5.41, 5.74) is 0.790. The van der Waals surface area contributed by atoms with Crippen molar-refractivity contribution < 1.29 is 0 Å². The predicted molar refractivity (Wildman–Crippen MR) is 62.2 cm³/mol. The van der Waals surface area contributed by atoms with E-state index in [2.05, 4.69) is 27.7 Å². The molecule has 0 N–H and O–H groups in total. The lowest BCUT2D eigenvalue weighted by Gasteiger charge is -2.46. The molecule has 3 saturated carbocycles. The van der Waals surface area contributed by atoms with E-state index in [1.807, 2.05) is 0 Å². The van der Waals surface area contributed by atoms with E-state index in [1.54, 1.807) is 12.8 Å². The van der Waals surface area contributed by atoms with Gasteiger partial charge in [-0.05, 0) is 48.3 Å². The Morgan fingerprint density at radius 3 is 2.29 bits per heavy atom. The van der Waals surface area contributed by atoms with Crippen molar-refractivity contribution in [1.82, 2.24) is 0 Å². The van der Waals surface area contributed by atoms with E-state index in [4.69, 9.17) is 0 Å². The smallest absolute Gasteiger partial charge is 0.0261 e. The molecule has 0 heterocycles. The standard InChI is InChI=1S/C14H26/c1-5-6-10(2)12(4)14-7-11(3)13(8-14)9-14/h10-13H,5-9H2,1-4H3. The molecule has 3 aliphatic rings. The van der Waals surface area contributed by atoms with Gasteiger partial charge in [-0.1, -0.05) is 40.5 Å². The molecule has 82 valence electrons. The first-order valence-electron chi connectivity index (χ1n) is 6.59. The van der Waals surface area contributed by atoms with Crippen LogP contribution in [0.5, 0.6) is 0 Å². The van der Waals surface area contributed by atoms with Gasteiger partial charge in [0.1, 0.15) is 0 Å². The van der Waals surface area contributed by atoms with Crippen LogP contribution in [-0.4, -0.2) is 0 Å². The number of hydrogen-bond donors (Lipinski definition) is 0. The highest BCUT2D eigenvalue weighted by Gasteiger charge is 2.57. The lowest BCUT2D eigenvalue weighted by atomic mass is 9.59. The molecule has 0 saturated heterocycles. The van der Waals surface area contributed by atoms with Crippen LogP contribution in [0, 0.1) is 29.1 Å². The van der Waals surface area contributed by atoms with Gasteiger partial charge in [-0.15, -0.1) is 0 Å². The summed E-state index contributed by atoms with van der Waals surface area (Å²) in [5, 5.41) is 0. The third-order valence-electron chi connectivity index (χ3n) is 5.43. The summed E-state index contributed by atoms with van der Waals surface area (Å²) >= 11 is 0. The summed E-state index contributed by atoms with van der Waals surface area (Å²) in [5.74, 6) is 4.06. The summed E-state index contributed by atoms with van der Waals surface area (Å²) < 4.78 is 0. The fourth-order valence-electron chi connectivity index (χ4n) is 4.23. The lowest BCUT2D eigenvalue weighted by Crippen LogP contribution is -2.37. The Labute approximate surface area is 89.5 Å². The summed E-state index contributed by atoms with van der Waals surface area (Å²) in [6.45, 7) is 9.78. The summed E-state index contributed by atoms with van der Waals surface area (Å²) in [7, 11) is 0. The molecule has 2 bridgehead atoms. The number of fused-ring (bicyclic) bond motifs is 1.